The number of nitrogens with two attached hydrogens (primary N) is 1. The van der Waals surface area contributed by atoms with Crippen LogP contribution in [-0.2, 0) is 18.0 Å². The Hall–Kier alpha value is -3.69. The number of aromatic nitrogens is 1. The molecule has 1 saturated heterocycles. The molecule has 10 heteroatoms. The Labute approximate surface area is 194 Å². The molecule has 3 aromatic rings. The topological polar surface area (TPSA) is 80.8 Å². The van der Waals surface area contributed by atoms with Gasteiger partial charge in [0.2, 0.25) is 5.43 Å². The molecule has 1 aliphatic rings. The number of fused-ring (bicyclic) bond motifs is 1. The molecule has 0 amide bonds. The number of carbonyl (C=O) groups excluding carboxylic acids is 1. The Bertz CT molecular complexity index is 1300. The first kappa shape index (κ1) is 23.5. The molecular weight excluding hydrogens is 449 g/mol. The van der Waals surface area contributed by atoms with Gasteiger partial charge in [-0.05, 0) is 37.3 Å². The van der Waals surface area contributed by atoms with Crippen LogP contribution in [0.15, 0.2) is 47.4 Å². The maximum Gasteiger partial charge on any atom is 0.416 e. The summed E-state index contributed by atoms with van der Waals surface area (Å²) in [5.41, 5.74) is 7.37. The average molecular weight is 474 g/mol. The van der Waals surface area contributed by atoms with Crippen LogP contribution in [0.4, 0.5) is 30.2 Å². The molecular formula is C24H25F3N4O3. The fraction of sp³-hybridized carbons (Fsp3) is 0.333. The van der Waals surface area contributed by atoms with E-state index in [4.69, 9.17) is 10.5 Å². The van der Waals surface area contributed by atoms with Crippen LogP contribution in [0.25, 0.3) is 10.9 Å². The summed E-state index contributed by atoms with van der Waals surface area (Å²) in [5, 5.41) is 0.317. The van der Waals surface area contributed by atoms with Gasteiger partial charge >= 0.3 is 12.1 Å². The van der Waals surface area contributed by atoms with Crippen molar-refractivity contribution < 1.29 is 22.7 Å². The Morgan fingerprint density at radius 1 is 1.09 bits per heavy atom. The van der Waals surface area contributed by atoms with Crippen LogP contribution in [0.5, 0.6) is 0 Å². The minimum atomic E-state index is -4.39. The molecule has 1 aromatic heterocycles. The number of benzene rings is 2. The molecule has 0 unspecified atom stereocenters. The van der Waals surface area contributed by atoms with E-state index in [1.54, 1.807) is 36.7 Å². The summed E-state index contributed by atoms with van der Waals surface area (Å²) in [6, 6.07) is 8.68. The number of hydrogen-bond donors (Lipinski definition) is 1. The van der Waals surface area contributed by atoms with Crippen molar-refractivity contribution in [1.82, 2.24) is 4.57 Å². The van der Waals surface area contributed by atoms with Gasteiger partial charge in [-0.25, -0.2) is 4.79 Å². The van der Waals surface area contributed by atoms with E-state index in [0.29, 0.717) is 48.5 Å². The predicted molar refractivity (Wildman–Crippen MR) is 125 cm³/mol. The minimum Gasteiger partial charge on any atom is -0.462 e. The SMILES string of the molecule is CCOC(=O)c1cn(C)c2cc(N3CCN(c4cccc(C(F)(F)F)c4)CC3)c(N)cc2c1=O. The third kappa shape index (κ3) is 4.40. The lowest BCUT2D eigenvalue weighted by Crippen LogP contribution is -2.46. The van der Waals surface area contributed by atoms with E-state index in [9.17, 15) is 22.8 Å². The molecule has 0 spiro atoms. The first-order valence-electron chi connectivity index (χ1n) is 10.9. The molecule has 2 N–H and O–H groups in total. The van der Waals surface area contributed by atoms with Crippen LogP contribution in [0, 0.1) is 0 Å². The Morgan fingerprint density at radius 2 is 1.76 bits per heavy atom. The van der Waals surface area contributed by atoms with Crippen molar-refractivity contribution in [2.75, 3.05) is 48.3 Å². The average Bonchev–Trinajstić information content (AvgIpc) is 2.81. The van der Waals surface area contributed by atoms with E-state index in [2.05, 4.69) is 0 Å². The molecule has 2 heterocycles. The third-order valence-corrected chi connectivity index (χ3v) is 5.99. The van der Waals surface area contributed by atoms with Gasteiger partial charge in [0.1, 0.15) is 5.56 Å². The zero-order valence-electron chi connectivity index (χ0n) is 18.9. The number of hydrogen-bond acceptors (Lipinski definition) is 6. The maximum absolute atomic E-state index is 13.1. The van der Waals surface area contributed by atoms with Crippen LogP contribution < -0.4 is 21.0 Å². The summed E-state index contributed by atoms with van der Waals surface area (Å²) in [6.45, 7) is 3.94. The normalized spacial score (nSPS) is 14.5. The van der Waals surface area contributed by atoms with E-state index >= 15 is 0 Å². The molecule has 180 valence electrons. The number of piperazine rings is 1. The molecule has 0 saturated carbocycles. The van der Waals surface area contributed by atoms with Gasteiger partial charge in [0.15, 0.2) is 0 Å². The smallest absolute Gasteiger partial charge is 0.416 e. The van der Waals surface area contributed by atoms with Crippen molar-refractivity contribution in [2.24, 2.45) is 7.05 Å². The van der Waals surface area contributed by atoms with Crippen molar-refractivity contribution in [2.45, 2.75) is 13.1 Å². The van der Waals surface area contributed by atoms with Gasteiger partial charge in [-0.2, -0.15) is 13.2 Å². The number of halogens is 3. The first-order chi connectivity index (χ1) is 16.1. The highest BCUT2D eigenvalue weighted by Gasteiger charge is 2.31. The highest BCUT2D eigenvalue weighted by Crippen LogP contribution is 2.33. The van der Waals surface area contributed by atoms with Crippen molar-refractivity contribution in [3.8, 4) is 0 Å². The number of rotatable bonds is 4. The van der Waals surface area contributed by atoms with Crippen LogP contribution in [0.3, 0.4) is 0 Å². The highest BCUT2D eigenvalue weighted by molar-refractivity contribution is 5.96. The number of nitrogen functional groups attached to an aromatic ring is 1. The number of ether oxygens (including phenoxy) is 1. The van der Waals surface area contributed by atoms with Crippen molar-refractivity contribution >= 4 is 33.9 Å². The van der Waals surface area contributed by atoms with Gasteiger partial charge in [-0.3, -0.25) is 4.79 Å². The lowest BCUT2D eigenvalue weighted by molar-refractivity contribution is -0.137. The number of alkyl halides is 3. The lowest BCUT2D eigenvalue weighted by Gasteiger charge is -2.38. The molecule has 1 aliphatic heterocycles. The van der Waals surface area contributed by atoms with Crippen molar-refractivity contribution in [3.05, 3.63) is 63.9 Å². The summed E-state index contributed by atoms with van der Waals surface area (Å²) < 4.78 is 45.9. The van der Waals surface area contributed by atoms with E-state index in [1.165, 1.54) is 12.3 Å². The minimum absolute atomic E-state index is 0.0568. The Balaban J connectivity index is 1.59. The molecule has 7 nitrogen and oxygen atoms in total. The van der Waals surface area contributed by atoms with Crippen LogP contribution in [0.2, 0.25) is 0 Å². The second kappa shape index (κ2) is 8.92. The number of carbonyl (C=O) groups is 1. The molecule has 0 aliphatic carbocycles. The molecule has 4 rings (SSSR count). The number of aryl methyl sites for hydroxylation is 1. The monoisotopic (exact) mass is 474 g/mol. The highest BCUT2D eigenvalue weighted by atomic mass is 19.4. The standard InChI is InChI=1S/C24H25F3N4O3/c1-3-34-23(33)18-14-29(2)20-13-21(19(28)12-17(20)22(18)32)31-9-7-30(8-10-31)16-6-4-5-15(11-16)24(25,26)27/h4-6,11-14H,3,7-10,28H2,1-2H3. The van der Waals surface area contributed by atoms with E-state index < -0.39 is 23.1 Å². The Kier molecular flexibility index (Phi) is 6.16. The van der Waals surface area contributed by atoms with Gasteiger partial charge in [0.25, 0.3) is 0 Å². The molecule has 2 aromatic carbocycles. The van der Waals surface area contributed by atoms with E-state index in [-0.39, 0.29) is 12.2 Å². The molecule has 0 radical (unpaired) electrons. The molecule has 34 heavy (non-hydrogen) atoms. The van der Waals surface area contributed by atoms with Crippen LogP contribution in [0.1, 0.15) is 22.8 Å². The second-order valence-corrected chi connectivity index (χ2v) is 8.15. The largest absolute Gasteiger partial charge is 0.462 e. The summed E-state index contributed by atoms with van der Waals surface area (Å²) in [4.78, 5) is 29.0. The molecule has 0 bridgehead atoms. The summed E-state index contributed by atoms with van der Waals surface area (Å²) in [7, 11) is 1.73. The van der Waals surface area contributed by atoms with Crippen molar-refractivity contribution in [3.63, 3.8) is 0 Å². The summed E-state index contributed by atoms with van der Waals surface area (Å²) in [6.07, 6.45) is -2.94. The zero-order chi connectivity index (χ0) is 24.6. The number of pyridine rings is 1. The first-order valence-corrected chi connectivity index (χ1v) is 10.9. The van der Waals surface area contributed by atoms with Crippen molar-refractivity contribution in [1.29, 1.82) is 0 Å². The van der Waals surface area contributed by atoms with Crippen LogP contribution >= 0.6 is 0 Å². The quantitative estimate of drug-likeness (QED) is 0.459. The second-order valence-electron chi connectivity index (χ2n) is 8.15. The summed E-state index contributed by atoms with van der Waals surface area (Å²) in [5.74, 6) is -0.682. The Morgan fingerprint density at radius 3 is 2.41 bits per heavy atom. The fourth-order valence-electron chi connectivity index (χ4n) is 4.25. The van der Waals surface area contributed by atoms with Crippen LogP contribution in [-0.4, -0.2) is 43.3 Å². The van der Waals surface area contributed by atoms with Gasteiger partial charge < -0.3 is 24.8 Å². The lowest BCUT2D eigenvalue weighted by atomic mass is 10.1. The van der Waals surface area contributed by atoms with Gasteiger partial charge in [-0.1, -0.05) is 6.07 Å². The van der Waals surface area contributed by atoms with E-state index in [0.717, 1.165) is 17.8 Å². The van der Waals surface area contributed by atoms with Gasteiger partial charge in [0.05, 0.1) is 29.1 Å². The third-order valence-electron chi connectivity index (χ3n) is 5.99. The maximum atomic E-state index is 13.1. The van der Waals surface area contributed by atoms with Gasteiger partial charge in [0, 0.05) is 50.5 Å². The fourth-order valence-corrected chi connectivity index (χ4v) is 4.25. The number of nitrogens with zero attached hydrogens (tertiary/aromatic N) is 3. The zero-order valence-corrected chi connectivity index (χ0v) is 18.9. The van der Waals surface area contributed by atoms with Gasteiger partial charge in [-0.15, -0.1) is 0 Å². The summed E-state index contributed by atoms with van der Waals surface area (Å²) >= 11 is 0. The van der Waals surface area contributed by atoms with E-state index in [1.807, 2.05) is 9.80 Å². The predicted octanol–water partition coefficient (Wildman–Crippen LogP) is 3.64. The number of anilines is 3. The molecule has 0 atom stereocenters. The molecule has 1 fully saturated rings. The number of esters is 1.